The Kier molecular flexibility index (Phi) is 6.70. The Balaban J connectivity index is 1.90. The van der Waals surface area contributed by atoms with E-state index in [1.807, 2.05) is 13.8 Å². The monoisotopic (exact) mass is 452 g/mol. The molecular weight excluding hydrogens is 420 g/mol. The quantitative estimate of drug-likeness (QED) is 0.651. The first kappa shape index (κ1) is 21.6. The van der Waals surface area contributed by atoms with Crippen LogP contribution in [0.4, 0.5) is 5.69 Å². The maximum atomic E-state index is 12.4. The summed E-state index contributed by atoms with van der Waals surface area (Å²) in [6.45, 7) is 9.28. The molecule has 1 atom stereocenters. The summed E-state index contributed by atoms with van der Waals surface area (Å²) < 4.78 is 6.14. The maximum absolute atomic E-state index is 12.4. The first-order valence-electron chi connectivity index (χ1n) is 10.5. The predicted molar refractivity (Wildman–Crippen MR) is 115 cm³/mol. The predicted octanol–water partition coefficient (Wildman–Crippen LogP) is 5.00. The molecule has 1 saturated heterocycles. The number of aliphatic hydroxyl groups excluding tert-OH is 1. The van der Waals surface area contributed by atoms with Gasteiger partial charge in [0, 0.05) is 24.3 Å². The topological polar surface area (TPSA) is 62.7 Å². The van der Waals surface area contributed by atoms with Crippen molar-refractivity contribution < 1.29 is 14.6 Å². The van der Waals surface area contributed by atoms with Crippen molar-refractivity contribution >= 4 is 27.6 Å². The van der Waals surface area contributed by atoms with Gasteiger partial charge in [0.1, 0.15) is 0 Å². The van der Waals surface area contributed by atoms with Crippen LogP contribution in [0.1, 0.15) is 81.8 Å². The van der Waals surface area contributed by atoms with Gasteiger partial charge in [-0.1, -0.05) is 19.3 Å². The molecule has 6 heteroatoms. The Hall–Kier alpha value is -1.14. The first-order valence-corrected chi connectivity index (χ1v) is 11.3. The lowest BCUT2D eigenvalue weighted by Gasteiger charge is -2.45. The van der Waals surface area contributed by atoms with Gasteiger partial charge in [-0.2, -0.15) is 0 Å². The second-order valence-electron chi connectivity index (χ2n) is 8.79. The van der Waals surface area contributed by atoms with E-state index in [-0.39, 0.29) is 6.10 Å². The average Bonchev–Trinajstić information content (AvgIpc) is 2.65. The van der Waals surface area contributed by atoms with Crippen molar-refractivity contribution in [1.82, 2.24) is 4.98 Å². The highest BCUT2D eigenvalue weighted by Gasteiger charge is 2.38. The molecule has 1 saturated carbocycles. The molecule has 0 radical (unpaired) electrons. The molecule has 156 valence electrons. The van der Waals surface area contributed by atoms with Crippen molar-refractivity contribution in [3.63, 3.8) is 0 Å². The van der Waals surface area contributed by atoms with Crippen molar-refractivity contribution in [3.05, 3.63) is 21.4 Å². The number of aryl methyl sites for hydroxylation is 2. The van der Waals surface area contributed by atoms with Crippen molar-refractivity contribution in [2.24, 2.45) is 5.41 Å². The Labute approximate surface area is 177 Å². The second kappa shape index (κ2) is 8.70. The molecule has 1 spiro atoms. The number of aliphatic hydroxyl groups is 1. The van der Waals surface area contributed by atoms with E-state index >= 15 is 0 Å². The normalized spacial score (nSPS) is 20.5. The SMILES string of the molecule is Cc1nc(C)c([C@H](O)C(=O)OC(C)C)c(N2CCC3(CCCCC3)CC2)c1Br. The van der Waals surface area contributed by atoms with E-state index in [0.29, 0.717) is 16.7 Å². The third-order valence-corrected chi connectivity index (χ3v) is 7.36. The number of hydrogen-bond donors (Lipinski definition) is 1. The summed E-state index contributed by atoms with van der Waals surface area (Å²) in [6.07, 6.45) is 7.50. The molecule has 2 heterocycles. The summed E-state index contributed by atoms with van der Waals surface area (Å²) in [6, 6.07) is 0. The highest BCUT2D eigenvalue weighted by molar-refractivity contribution is 9.10. The molecule has 0 unspecified atom stereocenters. The van der Waals surface area contributed by atoms with Gasteiger partial charge in [0.15, 0.2) is 6.10 Å². The number of carbonyl (C=O) groups is 1. The Morgan fingerprint density at radius 2 is 1.71 bits per heavy atom. The average molecular weight is 453 g/mol. The molecule has 1 aromatic heterocycles. The zero-order chi connectivity index (χ0) is 20.5. The number of carbonyl (C=O) groups excluding carboxylic acids is 1. The number of rotatable bonds is 4. The van der Waals surface area contributed by atoms with Crippen LogP contribution < -0.4 is 4.90 Å². The summed E-state index contributed by atoms with van der Waals surface area (Å²) in [5, 5.41) is 10.8. The van der Waals surface area contributed by atoms with Gasteiger partial charge in [0.25, 0.3) is 0 Å². The van der Waals surface area contributed by atoms with E-state index < -0.39 is 12.1 Å². The van der Waals surface area contributed by atoms with E-state index in [1.54, 1.807) is 13.8 Å². The Morgan fingerprint density at radius 1 is 1.11 bits per heavy atom. The van der Waals surface area contributed by atoms with E-state index in [1.165, 1.54) is 44.9 Å². The van der Waals surface area contributed by atoms with Crippen LogP contribution in [-0.2, 0) is 9.53 Å². The second-order valence-corrected chi connectivity index (χ2v) is 9.59. The summed E-state index contributed by atoms with van der Waals surface area (Å²) in [4.78, 5) is 19.3. The van der Waals surface area contributed by atoms with Crippen molar-refractivity contribution in [3.8, 4) is 0 Å². The lowest BCUT2D eigenvalue weighted by atomic mass is 9.68. The van der Waals surface area contributed by atoms with Gasteiger partial charge >= 0.3 is 5.97 Å². The molecule has 0 amide bonds. The fourth-order valence-corrected chi connectivity index (χ4v) is 5.43. The molecule has 1 aromatic rings. The van der Waals surface area contributed by atoms with Crippen LogP contribution in [0.15, 0.2) is 4.47 Å². The van der Waals surface area contributed by atoms with Gasteiger partial charge in [-0.3, -0.25) is 4.98 Å². The van der Waals surface area contributed by atoms with E-state index in [4.69, 9.17) is 4.74 Å². The molecular formula is C22H33BrN2O3. The van der Waals surface area contributed by atoms with Crippen LogP contribution in [0.3, 0.4) is 0 Å². The van der Waals surface area contributed by atoms with Crippen LogP contribution >= 0.6 is 15.9 Å². The van der Waals surface area contributed by atoms with Gasteiger partial charge in [-0.25, -0.2) is 4.79 Å². The van der Waals surface area contributed by atoms with E-state index in [0.717, 1.165) is 28.9 Å². The molecule has 1 aliphatic carbocycles. The number of piperidine rings is 1. The number of hydrogen-bond acceptors (Lipinski definition) is 5. The first-order chi connectivity index (χ1) is 13.2. The van der Waals surface area contributed by atoms with Crippen molar-refractivity contribution in [1.29, 1.82) is 0 Å². The molecule has 3 rings (SSSR count). The number of nitrogens with zero attached hydrogens (tertiary/aromatic N) is 2. The van der Waals surface area contributed by atoms with Gasteiger partial charge in [-0.05, 0) is 74.7 Å². The van der Waals surface area contributed by atoms with Crippen LogP contribution in [0.5, 0.6) is 0 Å². The molecule has 0 aromatic carbocycles. The van der Waals surface area contributed by atoms with Gasteiger partial charge in [0.2, 0.25) is 0 Å². The number of pyridine rings is 1. The molecule has 1 aliphatic heterocycles. The number of esters is 1. The van der Waals surface area contributed by atoms with Gasteiger partial charge in [-0.15, -0.1) is 0 Å². The number of aromatic nitrogens is 1. The smallest absolute Gasteiger partial charge is 0.340 e. The summed E-state index contributed by atoms with van der Waals surface area (Å²) in [7, 11) is 0. The van der Waals surface area contributed by atoms with Gasteiger partial charge in [0.05, 0.1) is 22.0 Å². The van der Waals surface area contributed by atoms with E-state index in [9.17, 15) is 9.90 Å². The summed E-state index contributed by atoms with van der Waals surface area (Å²) >= 11 is 3.69. The number of ether oxygens (including phenoxy) is 1. The number of anilines is 1. The molecule has 1 N–H and O–H groups in total. The third-order valence-electron chi connectivity index (χ3n) is 6.41. The fraction of sp³-hybridized carbons (Fsp3) is 0.727. The molecule has 2 fully saturated rings. The van der Waals surface area contributed by atoms with Crippen LogP contribution in [0.2, 0.25) is 0 Å². The maximum Gasteiger partial charge on any atom is 0.340 e. The summed E-state index contributed by atoms with van der Waals surface area (Å²) in [5.41, 5.74) is 3.53. The molecule has 0 bridgehead atoms. The highest BCUT2D eigenvalue weighted by Crippen LogP contribution is 2.47. The van der Waals surface area contributed by atoms with Crippen molar-refractivity contribution in [2.75, 3.05) is 18.0 Å². The summed E-state index contributed by atoms with van der Waals surface area (Å²) in [5.74, 6) is -0.613. The minimum atomic E-state index is -1.33. The minimum Gasteiger partial charge on any atom is -0.461 e. The standard InChI is InChI=1S/C22H33BrN2O3/c1-14(2)28-21(27)20(26)17-15(3)24-16(4)18(23)19(17)25-12-10-22(11-13-25)8-6-5-7-9-22/h14,20,26H,5-13H2,1-4H3/t20-/m0/s1. The van der Waals surface area contributed by atoms with Crippen LogP contribution in [0.25, 0.3) is 0 Å². The van der Waals surface area contributed by atoms with E-state index in [2.05, 4.69) is 25.8 Å². The third kappa shape index (κ3) is 4.38. The minimum absolute atomic E-state index is 0.270. The zero-order valence-electron chi connectivity index (χ0n) is 17.6. The lowest BCUT2D eigenvalue weighted by Crippen LogP contribution is -2.42. The molecule has 5 nitrogen and oxygen atoms in total. The van der Waals surface area contributed by atoms with Gasteiger partial charge < -0.3 is 14.7 Å². The zero-order valence-corrected chi connectivity index (χ0v) is 19.1. The van der Waals surface area contributed by atoms with Crippen LogP contribution in [-0.4, -0.2) is 35.3 Å². The largest absolute Gasteiger partial charge is 0.461 e. The van der Waals surface area contributed by atoms with Crippen molar-refractivity contribution in [2.45, 2.75) is 84.8 Å². The molecule has 2 aliphatic rings. The molecule has 28 heavy (non-hydrogen) atoms. The van der Waals surface area contributed by atoms with Crippen LogP contribution in [0, 0.1) is 19.3 Å². The number of halogens is 1. The lowest BCUT2D eigenvalue weighted by molar-refractivity contribution is -0.157. The highest BCUT2D eigenvalue weighted by atomic mass is 79.9. The fourth-order valence-electron chi connectivity index (χ4n) is 4.88. The Bertz CT molecular complexity index is 719. The Morgan fingerprint density at radius 3 is 2.29 bits per heavy atom.